The summed E-state index contributed by atoms with van der Waals surface area (Å²) in [5.74, 6) is -0.467. The van der Waals surface area contributed by atoms with Gasteiger partial charge in [0.15, 0.2) is 5.78 Å². The van der Waals surface area contributed by atoms with Crippen molar-refractivity contribution in [2.75, 3.05) is 13.2 Å². The minimum atomic E-state index is -4.31. The van der Waals surface area contributed by atoms with E-state index in [9.17, 15) is 21.6 Å². The van der Waals surface area contributed by atoms with E-state index in [4.69, 9.17) is 31.6 Å². The summed E-state index contributed by atoms with van der Waals surface area (Å²) in [6.07, 6.45) is 1.48. The normalized spacial score (nSPS) is 13.7. The van der Waals surface area contributed by atoms with Crippen molar-refractivity contribution in [3.05, 3.63) is 81.8 Å². The van der Waals surface area contributed by atoms with Gasteiger partial charge in [-0.05, 0) is 53.8 Å². The highest BCUT2D eigenvalue weighted by Gasteiger charge is 2.25. The molecule has 0 aliphatic heterocycles. The van der Waals surface area contributed by atoms with Gasteiger partial charge < -0.3 is 0 Å². The van der Waals surface area contributed by atoms with Crippen LogP contribution in [0.4, 0.5) is 0 Å². The molecule has 2 unspecified atom stereocenters. The zero-order valence-electron chi connectivity index (χ0n) is 22.7. The molecule has 0 amide bonds. The van der Waals surface area contributed by atoms with Crippen molar-refractivity contribution >= 4 is 49.2 Å². The lowest BCUT2D eigenvalue weighted by Gasteiger charge is -2.15. The van der Waals surface area contributed by atoms with Gasteiger partial charge in [0.25, 0.3) is 20.2 Å². The van der Waals surface area contributed by atoms with E-state index in [1.807, 2.05) is 27.7 Å². The smallest absolute Gasteiger partial charge is 0.289 e. The monoisotopic (exact) mass is 626 g/mol. The lowest BCUT2D eigenvalue weighted by atomic mass is 9.99. The van der Waals surface area contributed by atoms with Crippen LogP contribution in [-0.4, -0.2) is 35.8 Å². The van der Waals surface area contributed by atoms with Crippen molar-refractivity contribution in [1.29, 1.82) is 0 Å². The van der Waals surface area contributed by atoms with Gasteiger partial charge in [0.1, 0.15) is 4.90 Å². The Balaban J connectivity index is 2.06. The van der Waals surface area contributed by atoms with Crippen molar-refractivity contribution < 1.29 is 30.0 Å². The van der Waals surface area contributed by atoms with E-state index >= 15 is 0 Å². The van der Waals surface area contributed by atoms with E-state index in [-0.39, 0.29) is 56.6 Å². The lowest BCUT2D eigenvalue weighted by molar-refractivity contribution is 0.103. The Kier molecular flexibility index (Phi) is 11.0. The minimum absolute atomic E-state index is 0.0202. The van der Waals surface area contributed by atoms with Crippen LogP contribution in [-0.2, 0) is 28.6 Å². The highest BCUT2D eigenvalue weighted by Crippen LogP contribution is 2.33. The molecule has 0 saturated carbocycles. The summed E-state index contributed by atoms with van der Waals surface area (Å²) < 4.78 is 62.5. The molecule has 3 aromatic carbocycles. The standard InChI is InChI=1S/C29H32Cl2O7S2/c1-5-19(3)17-37-39(33,34)24-11-7-21(8-12-24)25-13-9-22(29(32)26-16-23(30)10-14-27(26)31)15-28(25)40(35,36)38-18-20(4)6-2/h7-16,19-20H,5-6,17-18H2,1-4H3. The Bertz CT molecular complexity index is 1570. The number of ketones is 1. The van der Waals surface area contributed by atoms with Crippen LogP contribution < -0.4 is 0 Å². The van der Waals surface area contributed by atoms with E-state index in [2.05, 4.69) is 0 Å². The summed E-state index contributed by atoms with van der Waals surface area (Å²) in [5.41, 5.74) is 0.836. The van der Waals surface area contributed by atoms with Gasteiger partial charge in [0.2, 0.25) is 0 Å². The molecular weight excluding hydrogens is 595 g/mol. The third-order valence-electron chi connectivity index (χ3n) is 6.55. The first kappa shape index (κ1) is 32.2. The summed E-state index contributed by atoms with van der Waals surface area (Å²) in [6.45, 7) is 7.63. The number of rotatable bonds is 13. The van der Waals surface area contributed by atoms with Gasteiger partial charge in [-0.25, -0.2) is 0 Å². The molecule has 0 aliphatic rings. The zero-order chi connectivity index (χ0) is 29.7. The Morgan fingerprint density at radius 1 is 0.775 bits per heavy atom. The summed E-state index contributed by atoms with van der Waals surface area (Å²) >= 11 is 12.3. The van der Waals surface area contributed by atoms with Crippen LogP contribution >= 0.6 is 23.2 Å². The maximum atomic E-state index is 13.4. The molecule has 216 valence electrons. The predicted octanol–water partition coefficient (Wildman–Crippen LogP) is 7.39. The van der Waals surface area contributed by atoms with Crippen molar-refractivity contribution in [3.8, 4) is 11.1 Å². The SMILES string of the molecule is CCC(C)COS(=O)(=O)c1ccc(-c2ccc(C(=O)c3cc(Cl)ccc3Cl)cc2S(=O)(=O)OCC(C)CC)cc1. The molecule has 0 aliphatic carbocycles. The second kappa shape index (κ2) is 13.6. The molecule has 11 heteroatoms. The van der Waals surface area contributed by atoms with Crippen molar-refractivity contribution in [2.24, 2.45) is 11.8 Å². The largest absolute Gasteiger partial charge is 0.297 e. The average molecular weight is 628 g/mol. The molecule has 2 atom stereocenters. The molecule has 0 radical (unpaired) electrons. The van der Waals surface area contributed by atoms with Crippen molar-refractivity contribution in [3.63, 3.8) is 0 Å². The average Bonchev–Trinajstić information content (AvgIpc) is 2.95. The number of hydrogen-bond donors (Lipinski definition) is 0. The Morgan fingerprint density at radius 3 is 1.93 bits per heavy atom. The van der Waals surface area contributed by atoms with Crippen LogP contribution in [0.2, 0.25) is 10.0 Å². The number of halogens is 2. The Hall–Kier alpha value is -2.27. The molecule has 7 nitrogen and oxygen atoms in total. The molecule has 0 spiro atoms. The Morgan fingerprint density at radius 2 is 1.35 bits per heavy atom. The fourth-order valence-electron chi connectivity index (χ4n) is 3.52. The van der Waals surface area contributed by atoms with Crippen LogP contribution in [0.3, 0.4) is 0 Å². The van der Waals surface area contributed by atoms with E-state index < -0.39 is 26.0 Å². The minimum Gasteiger partial charge on any atom is -0.289 e. The van der Waals surface area contributed by atoms with Crippen molar-refractivity contribution in [1.82, 2.24) is 0 Å². The number of hydrogen-bond acceptors (Lipinski definition) is 7. The molecule has 3 rings (SSSR count). The number of carbonyl (C=O) groups is 1. The van der Waals surface area contributed by atoms with Gasteiger partial charge in [-0.2, -0.15) is 16.8 Å². The maximum absolute atomic E-state index is 13.4. The van der Waals surface area contributed by atoms with Crippen molar-refractivity contribution in [2.45, 2.75) is 50.3 Å². The third-order valence-corrected chi connectivity index (χ3v) is 9.73. The predicted molar refractivity (Wildman–Crippen MR) is 157 cm³/mol. The van der Waals surface area contributed by atoms with Crippen LogP contribution in [0.15, 0.2) is 70.5 Å². The van der Waals surface area contributed by atoms with E-state index in [0.717, 1.165) is 6.42 Å². The highest BCUT2D eigenvalue weighted by atomic mass is 35.5. The zero-order valence-corrected chi connectivity index (χ0v) is 25.8. The van der Waals surface area contributed by atoms with E-state index in [1.54, 1.807) is 6.07 Å². The van der Waals surface area contributed by atoms with Gasteiger partial charge in [-0.3, -0.25) is 13.2 Å². The second-order valence-electron chi connectivity index (χ2n) is 9.69. The highest BCUT2D eigenvalue weighted by molar-refractivity contribution is 7.87. The fourth-order valence-corrected chi connectivity index (χ4v) is 6.17. The lowest BCUT2D eigenvalue weighted by Crippen LogP contribution is -2.14. The molecule has 0 saturated heterocycles. The summed E-state index contributed by atoms with van der Waals surface area (Å²) in [5, 5.41) is 0.473. The molecule has 0 fully saturated rings. The fraction of sp³-hybridized carbons (Fsp3) is 0.345. The molecule has 0 bridgehead atoms. The second-order valence-corrected chi connectivity index (χ2v) is 13.7. The first-order valence-corrected chi connectivity index (χ1v) is 16.4. The molecule has 0 N–H and O–H groups in total. The molecule has 40 heavy (non-hydrogen) atoms. The van der Waals surface area contributed by atoms with Crippen LogP contribution in [0.5, 0.6) is 0 Å². The van der Waals surface area contributed by atoms with Crippen LogP contribution in [0, 0.1) is 11.8 Å². The summed E-state index contributed by atoms with van der Waals surface area (Å²) in [6, 6.07) is 14.3. The van der Waals surface area contributed by atoms with Gasteiger partial charge in [-0.15, -0.1) is 0 Å². The first-order valence-electron chi connectivity index (χ1n) is 12.8. The molecular formula is C29H32Cl2O7S2. The molecule has 0 aromatic heterocycles. The first-order chi connectivity index (χ1) is 18.8. The van der Waals surface area contributed by atoms with E-state index in [1.165, 1.54) is 54.6 Å². The van der Waals surface area contributed by atoms with Crippen LogP contribution in [0.25, 0.3) is 11.1 Å². The van der Waals surface area contributed by atoms with Gasteiger partial charge >= 0.3 is 0 Å². The van der Waals surface area contributed by atoms with E-state index in [0.29, 0.717) is 17.0 Å². The summed E-state index contributed by atoms with van der Waals surface area (Å²) in [4.78, 5) is 13.0. The maximum Gasteiger partial charge on any atom is 0.297 e. The van der Waals surface area contributed by atoms with Crippen LogP contribution in [0.1, 0.15) is 56.5 Å². The number of benzene rings is 3. The van der Waals surface area contributed by atoms with Gasteiger partial charge in [-0.1, -0.05) is 88.0 Å². The van der Waals surface area contributed by atoms with Gasteiger partial charge in [0.05, 0.1) is 23.1 Å². The molecule has 0 heterocycles. The quantitative estimate of drug-likeness (QED) is 0.144. The summed E-state index contributed by atoms with van der Waals surface area (Å²) in [7, 11) is -8.31. The Labute approximate surface area is 246 Å². The molecule has 3 aromatic rings. The van der Waals surface area contributed by atoms with Gasteiger partial charge in [0, 0.05) is 21.7 Å². The number of carbonyl (C=O) groups excluding carboxylic acids is 1. The third kappa shape index (κ3) is 7.93. The topological polar surface area (TPSA) is 104 Å².